The summed E-state index contributed by atoms with van der Waals surface area (Å²) in [7, 11) is 0. The van der Waals surface area contributed by atoms with Crippen molar-refractivity contribution in [3.05, 3.63) is 53.7 Å². The molecule has 0 radical (unpaired) electrons. The minimum atomic E-state index is -0.463. The molecule has 0 bridgehead atoms. The summed E-state index contributed by atoms with van der Waals surface area (Å²) < 4.78 is 15.9. The summed E-state index contributed by atoms with van der Waals surface area (Å²) in [6, 6.07) is 12.9. The van der Waals surface area contributed by atoms with E-state index in [4.69, 9.17) is 14.2 Å². The standard InChI is InChI=1S/C16H12N2O4/c19-16(15-11-3-1-2-4-12(11)17-18-15)20-8-10-5-6-13-14(7-10)22-9-21-13/h1-7H,8-9H2,(H,17,18). The number of aromatic amines is 1. The van der Waals surface area contributed by atoms with Gasteiger partial charge in [-0.25, -0.2) is 4.79 Å². The lowest BCUT2D eigenvalue weighted by Gasteiger charge is -2.04. The first-order valence-electron chi connectivity index (χ1n) is 6.80. The molecule has 0 fully saturated rings. The summed E-state index contributed by atoms with van der Waals surface area (Å²) in [4.78, 5) is 12.2. The number of esters is 1. The third kappa shape index (κ3) is 2.14. The first-order valence-corrected chi connectivity index (χ1v) is 6.80. The minimum Gasteiger partial charge on any atom is -0.456 e. The number of ether oxygens (including phenoxy) is 3. The summed E-state index contributed by atoms with van der Waals surface area (Å²) in [6.45, 7) is 0.370. The highest BCUT2D eigenvalue weighted by Gasteiger charge is 2.17. The van der Waals surface area contributed by atoms with Crippen molar-refractivity contribution in [2.45, 2.75) is 6.61 Å². The number of fused-ring (bicyclic) bond motifs is 2. The zero-order valence-corrected chi connectivity index (χ0v) is 11.5. The van der Waals surface area contributed by atoms with Crippen LogP contribution in [0.15, 0.2) is 42.5 Å². The number of carbonyl (C=O) groups is 1. The van der Waals surface area contributed by atoms with Crippen molar-refractivity contribution in [2.75, 3.05) is 6.79 Å². The Kier molecular flexibility index (Phi) is 2.93. The monoisotopic (exact) mass is 296 g/mol. The second-order valence-electron chi connectivity index (χ2n) is 4.88. The molecule has 0 aliphatic carbocycles. The van der Waals surface area contributed by atoms with E-state index in [2.05, 4.69) is 10.2 Å². The highest BCUT2D eigenvalue weighted by atomic mass is 16.7. The van der Waals surface area contributed by atoms with E-state index in [-0.39, 0.29) is 19.1 Å². The first-order chi connectivity index (χ1) is 10.8. The number of carbonyl (C=O) groups excluding carboxylic acids is 1. The largest absolute Gasteiger partial charge is 0.456 e. The lowest BCUT2D eigenvalue weighted by Crippen LogP contribution is -2.06. The van der Waals surface area contributed by atoms with Crippen LogP contribution >= 0.6 is 0 Å². The zero-order valence-electron chi connectivity index (χ0n) is 11.5. The van der Waals surface area contributed by atoms with Gasteiger partial charge in [0.25, 0.3) is 0 Å². The van der Waals surface area contributed by atoms with E-state index in [9.17, 15) is 4.79 Å². The number of aromatic nitrogens is 2. The number of H-pyrrole nitrogens is 1. The smallest absolute Gasteiger partial charge is 0.359 e. The zero-order chi connectivity index (χ0) is 14.9. The van der Waals surface area contributed by atoms with E-state index in [1.165, 1.54) is 0 Å². The Balaban J connectivity index is 1.50. The number of rotatable bonds is 3. The van der Waals surface area contributed by atoms with Crippen LogP contribution in [-0.4, -0.2) is 23.0 Å². The topological polar surface area (TPSA) is 73.4 Å². The van der Waals surface area contributed by atoms with Gasteiger partial charge in [0.05, 0.1) is 5.52 Å². The molecule has 4 rings (SSSR count). The Hall–Kier alpha value is -3.02. The minimum absolute atomic E-state index is 0.149. The van der Waals surface area contributed by atoms with Crippen LogP contribution < -0.4 is 9.47 Å². The van der Waals surface area contributed by atoms with Gasteiger partial charge in [0.15, 0.2) is 17.2 Å². The van der Waals surface area contributed by atoms with Crippen LogP contribution in [0.1, 0.15) is 16.1 Å². The fraction of sp³-hybridized carbons (Fsp3) is 0.125. The van der Waals surface area contributed by atoms with E-state index < -0.39 is 5.97 Å². The number of benzene rings is 2. The molecular formula is C16H12N2O4. The maximum absolute atomic E-state index is 12.2. The summed E-state index contributed by atoms with van der Waals surface area (Å²) in [6.07, 6.45) is 0. The van der Waals surface area contributed by atoms with Gasteiger partial charge in [0.1, 0.15) is 6.61 Å². The fourth-order valence-corrected chi connectivity index (χ4v) is 2.37. The Labute approximate surface area is 125 Å². The third-order valence-electron chi connectivity index (χ3n) is 3.47. The van der Waals surface area contributed by atoms with Gasteiger partial charge in [0, 0.05) is 5.39 Å². The van der Waals surface area contributed by atoms with Crippen LogP contribution in [0.4, 0.5) is 0 Å². The van der Waals surface area contributed by atoms with Crippen molar-refractivity contribution >= 4 is 16.9 Å². The Morgan fingerprint density at radius 2 is 2.05 bits per heavy atom. The predicted molar refractivity (Wildman–Crippen MR) is 77.8 cm³/mol. The summed E-state index contributed by atoms with van der Waals surface area (Å²) >= 11 is 0. The molecule has 6 heteroatoms. The molecule has 0 spiro atoms. The van der Waals surface area contributed by atoms with Crippen molar-refractivity contribution in [1.82, 2.24) is 10.2 Å². The number of nitrogens with one attached hydrogen (secondary N) is 1. The molecule has 6 nitrogen and oxygen atoms in total. The van der Waals surface area contributed by atoms with E-state index in [1.807, 2.05) is 30.3 Å². The van der Waals surface area contributed by atoms with Crippen molar-refractivity contribution in [3.63, 3.8) is 0 Å². The molecule has 3 aromatic rings. The Morgan fingerprint density at radius 3 is 3.00 bits per heavy atom. The highest BCUT2D eigenvalue weighted by molar-refractivity contribution is 6.01. The molecule has 2 heterocycles. The van der Waals surface area contributed by atoms with Crippen LogP contribution in [0.5, 0.6) is 11.5 Å². The molecule has 0 saturated heterocycles. The molecule has 0 atom stereocenters. The van der Waals surface area contributed by atoms with E-state index in [1.54, 1.807) is 12.1 Å². The van der Waals surface area contributed by atoms with Crippen LogP contribution in [-0.2, 0) is 11.3 Å². The van der Waals surface area contributed by atoms with Crippen LogP contribution in [0.3, 0.4) is 0 Å². The number of nitrogens with zero attached hydrogens (tertiary/aromatic N) is 1. The van der Waals surface area contributed by atoms with Crippen molar-refractivity contribution in [1.29, 1.82) is 0 Å². The van der Waals surface area contributed by atoms with E-state index in [0.29, 0.717) is 11.5 Å². The number of hydrogen-bond acceptors (Lipinski definition) is 5. The van der Waals surface area contributed by atoms with Gasteiger partial charge in [-0.2, -0.15) is 5.10 Å². The third-order valence-corrected chi connectivity index (χ3v) is 3.47. The summed E-state index contributed by atoms with van der Waals surface area (Å²) in [5.41, 5.74) is 1.92. The van der Waals surface area contributed by atoms with Gasteiger partial charge in [0.2, 0.25) is 6.79 Å². The molecule has 1 N–H and O–H groups in total. The normalized spacial score (nSPS) is 12.5. The molecule has 0 unspecified atom stereocenters. The van der Waals surface area contributed by atoms with Gasteiger partial charge in [-0.3, -0.25) is 5.10 Å². The second kappa shape index (κ2) is 5.07. The maximum Gasteiger partial charge on any atom is 0.359 e. The summed E-state index contributed by atoms with van der Waals surface area (Å²) in [5.74, 6) is 0.905. The Bertz CT molecular complexity index is 856. The first kappa shape index (κ1) is 12.7. The fourth-order valence-electron chi connectivity index (χ4n) is 2.37. The van der Waals surface area contributed by atoms with Gasteiger partial charge >= 0.3 is 5.97 Å². The number of para-hydroxylation sites is 1. The van der Waals surface area contributed by atoms with E-state index in [0.717, 1.165) is 16.5 Å². The quantitative estimate of drug-likeness (QED) is 0.752. The molecular weight excluding hydrogens is 284 g/mol. The maximum atomic E-state index is 12.2. The van der Waals surface area contributed by atoms with Crippen LogP contribution in [0.25, 0.3) is 10.9 Å². The molecule has 1 aliphatic heterocycles. The predicted octanol–water partition coefficient (Wildman–Crippen LogP) is 2.65. The average Bonchev–Trinajstić information content (AvgIpc) is 3.18. The van der Waals surface area contributed by atoms with Gasteiger partial charge in [-0.1, -0.05) is 24.3 Å². The van der Waals surface area contributed by atoms with Gasteiger partial charge in [-0.05, 0) is 23.8 Å². The lowest BCUT2D eigenvalue weighted by molar-refractivity contribution is 0.0467. The molecule has 0 amide bonds. The second-order valence-corrected chi connectivity index (χ2v) is 4.88. The molecule has 2 aromatic carbocycles. The van der Waals surface area contributed by atoms with Crippen molar-refractivity contribution in [3.8, 4) is 11.5 Å². The van der Waals surface area contributed by atoms with Crippen LogP contribution in [0, 0.1) is 0 Å². The number of hydrogen-bond donors (Lipinski definition) is 1. The molecule has 1 aliphatic rings. The highest BCUT2D eigenvalue weighted by Crippen LogP contribution is 2.32. The molecule has 0 saturated carbocycles. The van der Waals surface area contributed by atoms with Crippen LogP contribution in [0.2, 0.25) is 0 Å². The Morgan fingerprint density at radius 1 is 1.18 bits per heavy atom. The van der Waals surface area contributed by atoms with Gasteiger partial charge in [-0.15, -0.1) is 0 Å². The van der Waals surface area contributed by atoms with E-state index >= 15 is 0 Å². The molecule has 22 heavy (non-hydrogen) atoms. The van der Waals surface area contributed by atoms with Gasteiger partial charge < -0.3 is 14.2 Å². The summed E-state index contributed by atoms with van der Waals surface area (Å²) in [5, 5.41) is 7.58. The van der Waals surface area contributed by atoms with Crippen molar-refractivity contribution < 1.29 is 19.0 Å². The average molecular weight is 296 g/mol. The van der Waals surface area contributed by atoms with Crippen molar-refractivity contribution in [2.24, 2.45) is 0 Å². The molecule has 110 valence electrons. The SMILES string of the molecule is O=C(OCc1ccc2c(c1)OCO2)c1n[nH]c2ccccc12. The molecule has 1 aromatic heterocycles. The lowest BCUT2D eigenvalue weighted by atomic mass is 10.2.